The van der Waals surface area contributed by atoms with Crippen LogP contribution in [0, 0.1) is 0 Å². The number of hydrogen-bond acceptors (Lipinski definition) is 4. The number of rotatable bonds is 1. The molecule has 12 heavy (non-hydrogen) atoms. The fourth-order valence-electron chi connectivity index (χ4n) is 1.24. The van der Waals surface area contributed by atoms with Crippen molar-refractivity contribution < 1.29 is 9.90 Å². The van der Waals surface area contributed by atoms with Gasteiger partial charge in [-0.15, -0.1) is 0 Å². The quantitative estimate of drug-likeness (QED) is 0.478. The van der Waals surface area contributed by atoms with E-state index in [1.807, 2.05) is 0 Å². The summed E-state index contributed by atoms with van der Waals surface area (Å²) in [4.78, 5) is 10.5. The fraction of sp³-hybridized carbons (Fsp3) is 0.286. The summed E-state index contributed by atoms with van der Waals surface area (Å²) in [5.41, 5.74) is 3.88. The van der Waals surface area contributed by atoms with Gasteiger partial charge in [-0.1, -0.05) is 0 Å². The SMILES string of the molecule is O=C(O)C1=CC2=CNCCN2N1. The number of carbonyl (C=O) groups is 1. The van der Waals surface area contributed by atoms with Crippen molar-refractivity contribution >= 4 is 5.97 Å². The van der Waals surface area contributed by atoms with Gasteiger partial charge in [0.1, 0.15) is 5.70 Å². The highest BCUT2D eigenvalue weighted by molar-refractivity contribution is 5.87. The Morgan fingerprint density at radius 1 is 1.67 bits per heavy atom. The van der Waals surface area contributed by atoms with Crippen LogP contribution in [0.25, 0.3) is 0 Å². The molecule has 0 fully saturated rings. The van der Waals surface area contributed by atoms with Gasteiger partial charge in [-0.3, -0.25) is 10.4 Å². The maximum absolute atomic E-state index is 10.5. The third-order valence-corrected chi connectivity index (χ3v) is 1.82. The van der Waals surface area contributed by atoms with Gasteiger partial charge in [-0.25, -0.2) is 4.79 Å². The molecule has 0 aromatic heterocycles. The predicted molar refractivity (Wildman–Crippen MR) is 41.6 cm³/mol. The number of allylic oxidation sites excluding steroid dienone is 1. The minimum atomic E-state index is -0.926. The first kappa shape index (κ1) is 7.02. The number of nitrogens with zero attached hydrogens (tertiary/aromatic N) is 1. The van der Waals surface area contributed by atoms with Crippen molar-refractivity contribution in [3.63, 3.8) is 0 Å². The maximum atomic E-state index is 10.5. The molecule has 0 spiro atoms. The molecular formula is C7H9N3O2. The van der Waals surface area contributed by atoms with Crippen molar-refractivity contribution in [3.8, 4) is 0 Å². The van der Waals surface area contributed by atoms with E-state index in [-0.39, 0.29) is 5.70 Å². The molecule has 64 valence electrons. The van der Waals surface area contributed by atoms with Crippen molar-refractivity contribution in [1.29, 1.82) is 0 Å². The summed E-state index contributed by atoms with van der Waals surface area (Å²) in [6.07, 6.45) is 3.40. The van der Waals surface area contributed by atoms with Gasteiger partial charge in [0, 0.05) is 12.7 Å². The van der Waals surface area contributed by atoms with Gasteiger partial charge in [0.05, 0.1) is 12.2 Å². The number of carboxylic acids is 1. The van der Waals surface area contributed by atoms with Gasteiger partial charge < -0.3 is 10.4 Å². The smallest absolute Gasteiger partial charge is 0.353 e. The van der Waals surface area contributed by atoms with Gasteiger partial charge in [0.15, 0.2) is 0 Å². The zero-order chi connectivity index (χ0) is 8.55. The lowest BCUT2D eigenvalue weighted by atomic mass is 10.3. The number of hydrazine groups is 1. The molecule has 0 radical (unpaired) electrons. The molecule has 0 bridgehead atoms. The summed E-state index contributed by atoms with van der Waals surface area (Å²) in [5, 5.41) is 13.5. The zero-order valence-corrected chi connectivity index (χ0v) is 6.37. The normalized spacial score (nSPS) is 20.2. The highest BCUT2D eigenvalue weighted by Gasteiger charge is 2.22. The Labute approximate surface area is 69.3 Å². The molecule has 2 aliphatic rings. The van der Waals surface area contributed by atoms with Crippen LogP contribution in [0.2, 0.25) is 0 Å². The molecule has 0 aromatic carbocycles. The third-order valence-electron chi connectivity index (χ3n) is 1.82. The van der Waals surface area contributed by atoms with Crippen molar-refractivity contribution in [3.05, 3.63) is 23.7 Å². The molecule has 0 saturated carbocycles. The third kappa shape index (κ3) is 0.990. The van der Waals surface area contributed by atoms with Crippen molar-refractivity contribution in [2.24, 2.45) is 0 Å². The van der Waals surface area contributed by atoms with Crippen molar-refractivity contribution in [2.45, 2.75) is 0 Å². The van der Waals surface area contributed by atoms with Crippen LogP contribution < -0.4 is 10.7 Å². The van der Waals surface area contributed by atoms with Crippen LogP contribution >= 0.6 is 0 Å². The van der Waals surface area contributed by atoms with Crippen LogP contribution in [0.3, 0.4) is 0 Å². The Morgan fingerprint density at radius 2 is 2.50 bits per heavy atom. The molecule has 0 aliphatic carbocycles. The standard InChI is InChI=1S/C7H9N3O2/c11-7(12)6-3-5-4-8-1-2-10(5)9-6/h3-4,8-9H,1-2H2,(H,11,12). The van der Waals surface area contributed by atoms with Crippen LogP contribution in [0.4, 0.5) is 0 Å². The molecule has 2 heterocycles. The van der Waals surface area contributed by atoms with Gasteiger partial charge in [-0.2, -0.15) is 0 Å². The lowest BCUT2D eigenvalue weighted by Crippen LogP contribution is -2.40. The second kappa shape index (κ2) is 2.44. The summed E-state index contributed by atoms with van der Waals surface area (Å²) in [6.45, 7) is 1.61. The van der Waals surface area contributed by atoms with E-state index in [9.17, 15) is 4.79 Å². The fourth-order valence-corrected chi connectivity index (χ4v) is 1.24. The van der Waals surface area contributed by atoms with Crippen molar-refractivity contribution in [2.75, 3.05) is 13.1 Å². The van der Waals surface area contributed by atoms with E-state index in [0.717, 1.165) is 18.8 Å². The molecule has 2 aliphatic heterocycles. The Kier molecular flexibility index (Phi) is 1.43. The van der Waals surface area contributed by atoms with Crippen LogP contribution in [0.1, 0.15) is 0 Å². The predicted octanol–water partition coefficient (Wildman–Crippen LogP) is -0.780. The molecule has 0 atom stereocenters. The molecule has 2 rings (SSSR count). The average molecular weight is 167 g/mol. The van der Waals surface area contributed by atoms with E-state index < -0.39 is 5.97 Å². The molecule has 0 aromatic rings. The number of hydrogen-bond donors (Lipinski definition) is 3. The lowest BCUT2D eigenvalue weighted by molar-refractivity contribution is -0.133. The summed E-state index contributed by atoms with van der Waals surface area (Å²) in [6, 6.07) is 0. The molecule has 0 unspecified atom stereocenters. The van der Waals surface area contributed by atoms with Gasteiger partial charge >= 0.3 is 5.97 Å². The molecule has 0 amide bonds. The second-order valence-electron chi connectivity index (χ2n) is 2.65. The summed E-state index contributed by atoms with van der Waals surface area (Å²) in [7, 11) is 0. The average Bonchev–Trinajstić information content (AvgIpc) is 2.46. The molecule has 0 saturated heterocycles. The topological polar surface area (TPSA) is 64.6 Å². The van der Waals surface area contributed by atoms with E-state index in [4.69, 9.17) is 5.11 Å². The number of aliphatic carboxylic acids is 1. The van der Waals surface area contributed by atoms with Gasteiger partial charge in [-0.05, 0) is 6.08 Å². The van der Waals surface area contributed by atoms with Crippen LogP contribution in [0.15, 0.2) is 23.7 Å². The zero-order valence-electron chi connectivity index (χ0n) is 6.37. The molecule has 5 nitrogen and oxygen atoms in total. The maximum Gasteiger partial charge on any atom is 0.353 e. The van der Waals surface area contributed by atoms with E-state index >= 15 is 0 Å². The van der Waals surface area contributed by atoms with E-state index in [0.29, 0.717) is 0 Å². The number of nitrogens with one attached hydrogen (secondary N) is 2. The monoisotopic (exact) mass is 167 g/mol. The first-order valence-electron chi connectivity index (χ1n) is 3.70. The van der Waals surface area contributed by atoms with Crippen LogP contribution in [0.5, 0.6) is 0 Å². The Morgan fingerprint density at radius 3 is 3.17 bits per heavy atom. The van der Waals surface area contributed by atoms with E-state index in [2.05, 4.69) is 10.7 Å². The Balaban J connectivity index is 2.21. The van der Waals surface area contributed by atoms with E-state index in [1.165, 1.54) is 0 Å². The van der Waals surface area contributed by atoms with Crippen LogP contribution in [-0.4, -0.2) is 29.2 Å². The largest absolute Gasteiger partial charge is 0.477 e. The molecule has 5 heteroatoms. The molecule has 3 N–H and O–H groups in total. The number of fused-ring (bicyclic) bond motifs is 1. The lowest BCUT2D eigenvalue weighted by Gasteiger charge is -2.24. The highest BCUT2D eigenvalue weighted by Crippen LogP contribution is 2.15. The summed E-state index contributed by atoms with van der Waals surface area (Å²) < 4.78 is 0. The van der Waals surface area contributed by atoms with Crippen molar-refractivity contribution in [1.82, 2.24) is 15.8 Å². The molecular weight excluding hydrogens is 158 g/mol. The minimum absolute atomic E-state index is 0.227. The first-order valence-corrected chi connectivity index (χ1v) is 3.70. The summed E-state index contributed by atoms with van der Waals surface area (Å²) >= 11 is 0. The van der Waals surface area contributed by atoms with Gasteiger partial charge in [0.25, 0.3) is 0 Å². The first-order chi connectivity index (χ1) is 5.77. The Hall–Kier alpha value is -1.65. The van der Waals surface area contributed by atoms with E-state index in [1.54, 1.807) is 17.3 Å². The van der Waals surface area contributed by atoms with Gasteiger partial charge in [0.2, 0.25) is 0 Å². The second-order valence-corrected chi connectivity index (χ2v) is 2.65. The minimum Gasteiger partial charge on any atom is -0.477 e. The van der Waals surface area contributed by atoms with Crippen LogP contribution in [-0.2, 0) is 4.79 Å². The number of carboxylic acid groups (broad SMARTS) is 1. The Bertz CT molecular complexity index is 282. The highest BCUT2D eigenvalue weighted by atomic mass is 16.4. The summed E-state index contributed by atoms with van der Waals surface area (Å²) in [5.74, 6) is -0.926.